The van der Waals surface area contributed by atoms with Crippen LogP contribution in [0.1, 0.15) is 26.7 Å². The second-order valence-electron chi connectivity index (χ2n) is 5.07. The van der Waals surface area contributed by atoms with E-state index in [0.717, 1.165) is 0 Å². The van der Waals surface area contributed by atoms with E-state index >= 15 is 0 Å². The van der Waals surface area contributed by atoms with Gasteiger partial charge in [0.2, 0.25) is 5.91 Å². The highest BCUT2D eigenvalue weighted by Crippen LogP contribution is 2.07. The SMILES string of the molecule is CCCC(=O)NC(=O)C(O)C(O)C(O)C(O)COC(=O)C(C)N. The molecule has 0 heterocycles. The fourth-order valence-corrected chi connectivity index (χ4v) is 1.47. The molecule has 0 bridgehead atoms. The van der Waals surface area contributed by atoms with Crippen LogP contribution in [0.25, 0.3) is 0 Å². The van der Waals surface area contributed by atoms with Gasteiger partial charge in [0.05, 0.1) is 0 Å². The Morgan fingerprint density at radius 2 is 1.70 bits per heavy atom. The average molecular weight is 336 g/mol. The fourth-order valence-electron chi connectivity index (χ4n) is 1.47. The molecule has 10 nitrogen and oxygen atoms in total. The Balaban J connectivity index is 4.49. The molecule has 5 unspecified atom stereocenters. The third kappa shape index (κ3) is 7.48. The standard InChI is InChI=1S/C13H24N2O8/c1-3-4-8(17)15-12(21)11(20)10(19)9(18)7(16)5-23-13(22)6(2)14/h6-7,9-11,16,18-20H,3-5,14H2,1-2H3,(H,15,17,21). The van der Waals surface area contributed by atoms with E-state index in [1.807, 2.05) is 5.32 Å². The van der Waals surface area contributed by atoms with Crippen molar-refractivity contribution in [3.8, 4) is 0 Å². The van der Waals surface area contributed by atoms with Crippen LogP contribution in [0, 0.1) is 0 Å². The van der Waals surface area contributed by atoms with Crippen LogP contribution in [0.3, 0.4) is 0 Å². The van der Waals surface area contributed by atoms with E-state index in [2.05, 4.69) is 4.74 Å². The van der Waals surface area contributed by atoms with Crippen molar-refractivity contribution in [3.05, 3.63) is 0 Å². The van der Waals surface area contributed by atoms with Gasteiger partial charge in [0, 0.05) is 6.42 Å². The number of hydrogen-bond acceptors (Lipinski definition) is 9. The topological polar surface area (TPSA) is 179 Å². The molecule has 0 aromatic carbocycles. The van der Waals surface area contributed by atoms with E-state index in [1.54, 1.807) is 6.92 Å². The number of nitrogens with one attached hydrogen (secondary N) is 1. The third-order valence-electron chi connectivity index (χ3n) is 2.84. The number of nitrogens with two attached hydrogens (primary N) is 1. The Labute approximate surface area is 133 Å². The molecule has 0 rings (SSSR count). The number of carbonyl (C=O) groups is 3. The monoisotopic (exact) mass is 336 g/mol. The lowest BCUT2D eigenvalue weighted by Gasteiger charge is -2.25. The second kappa shape index (κ2) is 10.2. The summed E-state index contributed by atoms with van der Waals surface area (Å²) in [6, 6.07) is -0.940. The maximum absolute atomic E-state index is 11.5. The van der Waals surface area contributed by atoms with Crippen molar-refractivity contribution in [2.24, 2.45) is 5.73 Å². The summed E-state index contributed by atoms with van der Waals surface area (Å²) in [5, 5.41) is 40.3. The number of aliphatic hydroxyl groups excluding tert-OH is 4. The number of amides is 2. The third-order valence-corrected chi connectivity index (χ3v) is 2.84. The van der Waals surface area contributed by atoms with Crippen molar-refractivity contribution >= 4 is 17.8 Å². The Morgan fingerprint density at radius 3 is 2.17 bits per heavy atom. The van der Waals surface area contributed by atoms with Crippen molar-refractivity contribution in [1.82, 2.24) is 5.32 Å². The Morgan fingerprint density at radius 1 is 1.13 bits per heavy atom. The molecule has 0 saturated carbocycles. The van der Waals surface area contributed by atoms with Gasteiger partial charge in [0.15, 0.2) is 6.10 Å². The minimum Gasteiger partial charge on any atom is -0.462 e. The quantitative estimate of drug-likeness (QED) is 0.236. The molecule has 2 amide bonds. The van der Waals surface area contributed by atoms with Crippen LogP contribution in [0.15, 0.2) is 0 Å². The molecule has 0 aliphatic carbocycles. The van der Waals surface area contributed by atoms with Gasteiger partial charge in [-0.2, -0.15) is 0 Å². The van der Waals surface area contributed by atoms with Crippen LogP contribution < -0.4 is 11.1 Å². The predicted molar refractivity (Wildman–Crippen MR) is 76.7 cm³/mol. The van der Waals surface area contributed by atoms with Gasteiger partial charge in [-0.15, -0.1) is 0 Å². The molecule has 0 aromatic rings. The number of carbonyl (C=O) groups excluding carboxylic acids is 3. The summed E-state index contributed by atoms with van der Waals surface area (Å²) < 4.78 is 4.55. The highest BCUT2D eigenvalue weighted by atomic mass is 16.5. The summed E-state index contributed by atoms with van der Waals surface area (Å²) in [5.74, 6) is -2.70. The molecular formula is C13H24N2O8. The van der Waals surface area contributed by atoms with Gasteiger partial charge in [-0.1, -0.05) is 6.92 Å². The summed E-state index contributed by atoms with van der Waals surface area (Å²) >= 11 is 0. The molecule has 7 N–H and O–H groups in total. The van der Waals surface area contributed by atoms with Gasteiger partial charge in [-0.3, -0.25) is 19.7 Å². The van der Waals surface area contributed by atoms with Gasteiger partial charge < -0.3 is 30.9 Å². The van der Waals surface area contributed by atoms with Crippen molar-refractivity contribution < 1.29 is 39.5 Å². The number of hydrogen-bond donors (Lipinski definition) is 6. The summed E-state index contributed by atoms with van der Waals surface area (Å²) in [4.78, 5) is 33.8. The van der Waals surface area contributed by atoms with E-state index in [0.29, 0.717) is 6.42 Å². The number of ether oxygens (including phenoxy) is 1. The molecule has 0 saturated heterocycles. The van der Waals surface area contributed by atoms with Crippen LogP contribution in [-0.4, -0.2) is 75.3 Å². The maximum Gasteiger partial charge on any atom is 0.322 e. The highest BCUT2D eigenvalue weighted by molar-refractivity contribution is 5.97. The molecule has 0 aliphatic rings. The van der Waals surface area contributed by atoms with Gasteiger partial charge in [-0.25, -0.2) is 0 Å². The zero-order valence-electron chi connectivity index (χ0n) is 13.0. The van der Waals surface area contributed by atoms with Gasteiger partial charge in [-0.05, 0) is 13.3 Å². The van der Waals surface area contributed by atoms with Crippen LogP contribution in [0.5, 0.6) is 0 Å². The molecule has 134 valence electrons. The first-order chi connectivity index (χ1) is 10.6. The lowest BCUT2D eigenvalue weighted by atomic mass is 10.0. The van der Waals surface area contributed by atoms with Crippen molar-refractivity contribution in [2.75, 3.05) is 6.61 Å². The van der Waals surface area contributed by atoms with Crippen molar-refractivity contribution in [3.63, 3.8) is 0 Å². The van der Waals surface area contributed by atoms with Crippen molar-refractivity contribution in [1.29, 1.82) is 0 Å². The zero-order valence-corrected chi connectivity index (χ0v) is 13.0. The molecule has 10 heteroatoms. The number of esters is 1. The van der Waals surface area contributed by atoms with Crippen LogP contribution in [-0.2, 0) is 19.1 Å². The highest BCUT2D eigenvalue weighted by Gasteiger charge is 2.35. The van der Waals surface area contributed by atoms with E-state index < -0.39 is 54.8 Å². The van der Waals surface area contributed by atoms with Gasteiger partial charge in [0.1, 0.15) is 31.0 Å². The first-order valence-electron chi connectivity index (χ1n) is 7.09. The van der Waals surface area contributed by atoms with E-state index in [9.17, 15) is 34.8 Å². The minimum atomic E-state index is -2.15. The van der Waals surface area contributed by atoms with Crippen LogP contribution in [0.4, 0.5) is 0 Å². The average Bonchev–Trinajstić information content (AvgIpc) is 2.49. The number of rotatable bonds is 9. The summed E-state index contributed by atoms with van der Waals surface area (Å²) in [6.45, 7) is 2.36. The van der Waals surface area contributed by atoms with E-state index in [1.165, 1.54) is 6.92 Å². The molecule has 0 aromatic heterocycles. The first kappa shape index (κ1) is 21.4. The smallest absolute Gasteiger partial charge is 0.322 e. The van der Waals surface area contributed by atoms with E-state index in [4.69, 9.17) is 5.73 Å². The van der Waals surface area contributed by atoms with E-state index in [-0.39, 0.29) is 6.42 Å². The maximum atomic E-state index is 11.5. The summed E-state index contributed by atoms with van der Waals surface area (Å²) in [6.07, 6.45) is -7.46. The predicted octanol–water partition coefficient (Wildman–Crippen LogP) is -3.24. The van der Waals surface area contributed by atoms with Gasteiger partial charge >= 0.3 is 5.97 Å². The molecule has 23 heavy (non-hydrogen) atoms. The lowest BCUT2D eigenvalue weighted by molar-refractivity contribution is -0.161. The molecule has 0 fully saturated rings. The second-order valence-corrected chi connectivity index (χ2v) is 5.07. The summed E-state index contributed by atoms with van der Waals surface area (Å²) in [7, 11) is 0. The lowest BCUT2D eigenvalue weighted by Crippen LogP contribution is -2.52. The fraction of sp³-hybridized carbons (Fsp3) is 0.769. The Hall–Kier alpha value is -1.59. The normalized spacial score (nSPS) is 17.5. The van der Waals surface area contributed by atoms with Crippen LogP contribution in [0.2, 0.25) is 0 Å². The van der Waals surface area contributed by atoms with Gasteiger partial charge in [0.25, 0.3) is 5.91 Å². The Bertz CT molecular complexity index is 415. The largest absolute Gasteiger partial charge is 0.462 e. The van der Waals surface area contributed by atoms with Crippen molar-refractivity contribution in [2.45, 2.75) is 57.1 Å². The Kier molecular flexibility index (Phi) is 9.53. The molecule has 5 atom stereocenters. The minimum absolute atomic E-state index is 0.0486. The van der Waals surface area contributed by atoms with Crippen LogP contribution >= 0.6 is 0 Å². The number of aliphatic hydroxyl groups is 4. The zero-order chi connectivity index (χ0) is 18.2. The summed E-state index contributed by atoms with van der Waals surface area (Å²) in [5.41, 5.74) is 5.22. The molecule has 0 spiro atoms. The number of imide groups is 1. The molecule has 0 aliphatic heterocycles. The first-order valence-corrected chi connectivity index (χ1v) is 7.09. The molecular weight excluding hydrogens is 312 g/mol. The molecule has 0 radical (unpaired) electrons.